The van der Waals surface area contributed by atoms with Crippen molar-refractivity contribution in [3.8, 4) is 6.07 Å². The SMILES string of the molecule is Cc1cccc(NC(=O)CSC2=C(C#N)[C@@H](c3cccc([N+](=O)[O-])c3)CC(=O)N2)c1. The van der Waals surface area contributed by atoms with E-state index in [2.05, 4.69) is 16.7 Å². The summed E-state index contributed by atoms with van der Waals surface area (Å²) in [5.74, 6) is -1.20. The van der Waals surface area contributed by atoms with Crippen LogP contribution in [0.4, 0.5) is 11.4 Å². The Balaban J connectivity index is 1.79. The molecule has 1 aliphatic heterocycles. The summed E-state index contributed by atoms with van der Waals surface area (Å²) in [5, 5.41) is 26.5. The topological polar surface area (TPSA) is 125 Å². The monoisotopic (exact) mass is 422 g/mol. The van der Waals surface area contributed by atoms with Gasteiger partial charge < -0.3 is 10.6 Å². The molecule has 2 N–H and O–H groups in total. The van der Waals surface area contributed by atoms with Gasteiger partial charge in [0.25, 0.3) is 5.69 Å². The van der Waals surface area contributed by atoms with Crippen LogP contribution in [0.15, 0.2) is 59.1 Å². The van der Waals surface area contributed by atoms with Crippen LogP contribution >= 0.6 is 11.8 Å². The minimum Gasteiger partial charge on any atom is -0.325 e. The molecule has 2 amide bonds. The van der Waals surface area contributed by atoms with Crippen molar-refractivity contribution >= 4 is 35.0 Å². The number of allylic oxidation sites excluding steroid dienone is 1. The van der Waals surface area contributed by atoms with Crippen molar-refractivity contribution in [2.24, 2.45) is 0 Å². The van der Waals surface area contributed by atoms with Gasteiger partial charge in [0, 0.05) is 30.2 Å². The molecular weight excluding hydrogens is 404 g/mol. The molecule has 0 aromatic heterocycles. The van der Waals surface area contributed by atoms with Crippen molar-refractivity contribution in [1.29, 1.82) is 5.26 Å². The first-order chi connectivity index (χ1) is 14.4. The van der Waals surface area contributed by atoms with Gasteiger partial charge in [-0.1, -0.05) is 36.0 Å². The summed E-state index contributed by atoms with van der Waals surface area (Å²) in [6, 6.07) is 15.4. The highest BCUT2D eigenvalue weighted by molar-refractivity contribution is 8.03. The maximum Gasteiger partial charge on any atom is 0.269 e. The van der Waals surface area contributed by atoms with Crippen LogP contribution in [0.25, 0.3) is 0 Å². The lowest BCUT2D eigenvalue weighted by atomic mass is 9.87. The Hall–Kier alpha value is -3.64. The Kier molecular flexibility index (Phi) is 6.49. The maximum absolute atomic E-state index is 12.3. The van der Waals surface area contributed by atoms with Crippen molar-refractivity contribution in [2.75, 3.05) is 11.1 Å². The van der Waals surface area contributed by atoms with Gasteiger partial charge in [-0.05, 0) is 30.2 Å². The minimum atomic E-state index is -0.606. The smallest absolute Gasteiger partial charge is 0.269 e. The number of nitro groups is 1. The highest BCUT2D eigenvalue weighted by atomic mass is 32.2. The van der Waals surface area contributed by atoms with Crippen molar-refractivity contribution < 1.29 is 14.5 Å². The lowest BCUT2D eigenvalue weighted by Crippen LogP contribution is -2.31. The van der Waals surface area contributed by atoms with Gasteiger partial charge in [0.1, 0.15) is 0 Å². The van der Waals surface area contributed by atoms with Gasteiger partial charge in [0.05, 0.1) is 27.3 Å². The number of aryl methyl sites for hydroxylation is 1. The molecule has 0 radical (unpaired) electrons. The van der Waals surface area contributed by atoms with E-state index >= 15 is 0 Å². The highest BCUT2D eigenvalue weighted by Crippen LogP contribution is 2.36. The van der Waals surface area contributed by atoms with Gasteiger partial charge in [0.15, 0.2) is 0 Å². The number of thioether (sulfide) groups is 1. The fourth-order valence-electron chi connectivity index (χ4n) is 3.13. The zero-order valence-corrected chi connectivity index (χ0v) is 16.9. The summed E-state index contributed by atoms with van der Waals surface area (Å²) in [6.45, 7) is 1.92. The number of hydrogen-bond acceptors (Lipinski definition) is 6. The minimum absolute atomic E-state index is 0.00358. The van der Waals surface area contributed by atoms with Crippen molar-refractivity contribution in [2.45, 2.75) is 19.3 Å². The Labute approximate surface area is 177 Å². The van der Waals surface area contributed by atoms with Gasteiger partial charge in [-0.2, -0.15) is 5.26 Å². The first kappa shape index (κ1) is 21.1. The number of carbonyl (C=O) groups excluding carboxylic acids is 2. The van der Waals surface area contributed by atoms with Crippen LogP contribution in [0.2, 0.25) is 0 Å². The number of anilines is 1. The van der Waals surface area contributed by atoms with Crippen LogP contribution in [0.5, 0.6) is 0 Å². The number of rotatable bonds is 6. The molecule has 2 aromatic carbocycles. The maximum atomic E-state index is 12.3. The molecule has 0 saturated heterocycles. The number of nitro benzene ring substituents is 1. The molecule has 8 nitrogen and oxygen atoms in total. The number of carbonyl (C=O) groups is 2. The van der Waals surface area contributed by atoms with Gasteiger partial charge in [-0.25, -0.2) is 0 Å². The largest absolute Gasteiger partial charge is 0.325 e. The number of amides is 2. The number of benzene rings is 2. The lowest BCUT2D eigenvalue weighted by Gasteiger charge is -2.24. The molecule has 2 aromatic rings. The molecule has 152 valence electrons. The normalized spacial score (nSPS) is 15.9. The molecule has 3 rings (SSSR count). The first-order valence-corrected chi connectivity index (χ1v) is 10.0. The summed E-state index contributed by atoms with van der Waals surface area (Å²) in [7, 11) is 0. The fraction of sp³-hybridized carbons (Fsp3) is 0.190. The van der Waals surface area contributed by atoms with Crippen molar-refractivity contribution in [1.82, 2.24) is 5.32 Å². The highest BCUT2D eigenvalue weighted by Gasteiger charge is 2.30. The summed E-state index contributed by atoms with van der Waals surface area (Å²) in [5.41, 5.74) is 2.36. The molecule has 0 spiro atoms. The standard InChI is InChI=1S/C21H18N4O4S/c1-13-4-2-6-15(8-13)23-20(27)12-30-21-18(11-22)17(10-19(26)24-21)14-5-3-7-16(9-14)25(28)29/h2-9,17H,10,12H2,1H3,(H,23,27)(H,24,26)/t17-/m1/s1. The van der Waals surface area contributed by atoms with Gasteiger partial charge >= 0.3 is 0 Å². The molecular formula is C21H18N4O4S. The molecule has 0 unspecified atom stereocenters. The quantitative estimate of drug-likeness (QED) is 0.541. The second-order valence-electron chi connectivity index (χ2n) is 6.72. The Morgan fingerprint density at radius 3 is 2.80 bits per heavy atom. The second-order valence-corrected chi connectivity index (χ2v) is 7.70. The zero-order valence-electron chi connectivity index (χ0n) is 16.0. The van der Waals surface area contributed by atoms with Crippen LogP contribution in [-0.4, -0.2) is 22.5 Å². The van der Waals surface area contributed by atoms with E-state index < -0.39 is 10.8 Å². The van der Waals surface area contributed by atoms with Gasteiger partial charge in [-0.15, -0.1) is 0 Å². The third-order valence-electron chi connectivity index (χ3n) is 4.49. The molecule has 0 aliphatic carbocycles. The van der Waals surface area contributed by atoms with E-state index in [1.807, 2.05) is 25.1 Å². The summed E-state index contributed by atoms with van der Waals surface area (Å²) in [4.78, 5) is 35.0. The average molecular weight is 422 g/mol. The van der Waals surface area contributed by atoms with E-state index in [1.165, 1.54) is 18.2 Å². The number of nitrogens with zero attached hydrogens (tertiary/aromatic N) is 2. The van der Waals surface area contributed by atoms with Crippen molar-refractivity contribution in [3.63, 3.8) is 0 Å². The molecule has 1 aliphatic rings. The van der Waals surface area contributed by atoms with E-state index in [9.17, 15) is 25.0 Å². The Morgan fingerprint density at radius 1 is 1.33 bits per heavy atom. The molecule has 1 heterocycles. The number of non-ortho nitro benzene ring substituents is 1. The summed E-state index contributed by atoms with van der Waals surface area (Å²) < 4.78 is 0. The van der Waals surface area contributed by atoms with Crippen LogP contribution in [0.1, 0.15) is 23.5 Å². The van der Waals surface area contributed by atoms with Crippen molar-refractivity contribution in [3.05, 3.63) is 80.4 Å². The van der Waals surface area contributed by atoms with E-state index in [-0.39, 0.29) is 35.2 Å². The van der Waals surface area contributed by atoms with Crippen LogP contribution in [0, 0.1) is 28.4 Å². The van der Waals surface area contributed by atoms with Gasteiger partial charge in [0.2, 0.25) is 11.8 Å². The van der Waals surface area contributed by atoms with E-state index in [0.29, 0.717) is 16.3 Å². The summed E-state index contributed by atoms with van der Waals surface area (Å²) in [6.07, 6.45) is 0.00358. The zero-order chi connectivity index (χ0) is 21.7. The molecule has 30 heavy (non-hydrogen) atoms. The molecule has 0 saturated carbocycles. The van der Waals surface area contributed by atoms with E-state index in [1.54, 1.807) is 12.1 Å². The number of nitrogens with one attached hydrogen (secondary N) is 2. The lowest BCUT2D eigenvalue weighted by molar-refractivity contribution is -0.384. The van der Waals surface area contributed by atoms with Gasteiger partial charge in [-0.3, -0.25) is 19.7 Å². The average Bonchev–Trinajstić information content (AvgIpc) is 2.72. The fourth-order valence-corrected chi connectivity index (χ4v) is 4.01. The van der Waals surface area contributed by atoms with Crippen LogP contribution < -0.4 is 10.6 Å². The Bertz CT molecular complexity index is 1090. The third-order valence-corrected chi connectivity index (χ3v) is 5.51. The number of nitriles is 1. The number of hydrogen-bond donors (Lipinski definition) is 2. The molecule has 1 atom stereocenters. The summed E-state index contributed by atoms with van der Waals surface area (Å²) >= 11 is 1.05. The molecule has 0 fully saturated rings. The predicted molar refractivity (Wildman–Crippen MR) is 114 cm³/mol. The Morgan fingerprint density at radius 2 is 2.10 bits per heavy atom. The third kappa shape index (κ3) is 5.04. The second kappa shape index (κ2) is 9.24. The first-order valence-electron chi connectivity index (χ1n) is 9.05. The van der Waals surface area contributed by atoms with E-state index in [0.717, 1.165) is 17.3 Å². The molecule has 0 bridgehead atoms. The van der Waals surface area contributed by atoms with Crippen LogP contribution in [0.3, 0.4) is 0 Å². The van der Waals surface area contributed by atoms with E-state index in [4.69, 9.17) is 0 Å². The van der Waals surface area contributed by atoms with Crippen LogP contribution in [-0.2, 0) is 9.59 Å². The molecule has 9 heteroatoms. The predicted octanol–water partition coefficient (Wildman–Crippen LogP) is 3.61.